The number of hydrogen-bond acceptors (Lipinski definition) is 3. The van der Waals surface area contributed by atoms with E-state index in [4.69, 9.17) is 0 Å². The van der Waals surface area contributed by atoms with Crippen LogP contribution in [0.15, 0.2) is 35.4 Å². The summed E-state index contributed by atoms with van der Waals surface area (Å²) in [5.74, 6) is -0.0581. The fraction of sp³-hybridized carbons (Fsp3) is 0.312. The third-order valence-electron chi connectivity index (χ3n) is 4.34. The van der Waals surface area contributed by atoms with Gasteiger partial charge >= 0.3 is 5.69 Å². The van der Waals surface area contributed by atoms with Crippen LogP contribution in [0.2, 0.25) is 0 Å². The van der Waals surface area contributed by atoms with Crippen LogP contribution in [0, 0.1) is 6.92 Å². The first-order chi connectivity index (χ1) is 11.1. The molecule has 118 valence electrons. The zero-order valence-electron chi connectivity index (χ0n) is 12.7. The summed E-state index contributed by atoms with van der Waals surface area (Å²) >= 11 is 0. The Kier molecular flexibility index (Phi) is 3.07. The van der Waals surface area contributed by atoms with Crippen molar-refractivity contribution in [3.05, 3.63) is 52.2 Å². The Balaban J connectivity index is 1.61. The Labute approximate surface area is 131 Å². The van der Waals surface area contributed by atoms with Crippen molar-refractivity contribution >= 4 is 16.9 Å². The molecule has 1 unspecified atom stereocenters. The van der Waals surface area contributed by atoms with E-state index >= 15 is 0 Å². The number of aromatic amines is 2. The molecule has 1 saturated heterocycles. The molecule has 1 amide bonds. The second kappa shape index (κ2) is 5.12. The molecule has 1 fully saturated rings. The summed E-state index contributed by atoms with van der Waals surface area (Å²) < 4.78 is 1.93. The van der Waals surface area contributed by atoms with Gasteiger partial charge in [0, 0.05) is 19.3 Å². The predicted octanol–water partition coefficient (Wildman–Crippen LogP) is 1.45. The van der Waals surface area contributed by atoms with Gasteiger partial charge in [0.25, 0.3) is 5.91 Å². The van der Waals surface area contributed by atoms with Crippen LogP contribution in [0.1, 0.15) is 28.4 Å². The predicted molar refractivity (Wildman–Crippen MR) is 85.4 cm³/mol. The molecule has 0 bridgehead atoms. The van der Waals surface area contributed by atoms with Crippen LogP contribution in [0.25, 0.3) is 11.0 Å². The lowest BCUT2D eigenvalue weighted by molar-refractivity contribution is 0.0789. The molecule has 0 spiro atoms. The van der Waals surface area contributed by atoms with Crippen molar-refractivity contribution in [1.82, 2.24) is 24.6 Å². The summed E-state index contributed by atoms with van der Waals surface area (Å²) in [4.78, 5) is 31.5. The molecule has 3 aromatic rings. The lowest BCUT2D eigenvalue weighted by atomic mass is 10.1. The molecule has 3 heterocycles. The van der Waals surface area contributed by atoms with E-state index in [9.17, 15) is 9.59 Å². The van der Waals surface area contributed by atoms with Gasteiger partial charge in [-0.2, -0.15) is 5.10 Å². The van der Waals surface area contributed by atoms with E-state index in [1.54, 1.807) is 18.2 Å². The number of benzene rings is 1. The zero-order valence-corrected chi connectivity index (χ0v) is 12.7. The van der Waals surface area contributed by atoms with Gasteiger partial charge < -0.3 is 14.9 Å². The number of nitrogens with zero attached hydrogens (tertiary/aromatic N) is 3. The van der Waals surface area contributed by atoms with Gasteiger partial charge in [-0.05, 0) is 31.0 Å². The second-order valence-electron chi connectivity index (χ2n) is 6.00. The number of para-hydroxylation sites is 1. The molecule has 23 heavy (non-hydrogen) atoms. The minimum Gasteiger partial charge on any atom is -0.336 e. The normalized spacial score (nSPS) is 18.0. The van der Waals surface area contributed by atoms with Crippen LogP contribution in [-0.4, -0.2) is 43.6 Å². The molecule has 2 aromatic heterocycles. The number of fused-ring (bicyclic) bond motifs is 1. The van der Waals surface area contributed by atoms with E-state index in [2.05, 4.69) is 15.1 Å². The summed E-state index contributed by atoms with van der Waals surface area (Å²) in [6, 6.07) is 5.52. The number of aromatic nitrogens is 4. The summed E-state index contributed by atoms with van der Waals surface area (Å²) in [5.41, 5.74) is 2.56. The largest absolute Gasteiger partial charge is 0.336 e. The van der Waals surface area contributed by atoms with Crippen LogP contribution in [-0.2, 0) is 0 Å². The molecule has 2 N–H and O–H groups in total. The highest BCUT2D eigenvalue weighted by molar-refractivity contribution is 6.04. The number of imidazole rings is 1. The maximum atomic E-state index is 12.8. The van der Waals surface area contributed by atoms with E-state index in [-0.39, 0.29) is 17.6 Å². The fourth-order valence-corrected chi connectivity index (χ4v) is 3.18. The summed E-state index contributed by atoms with van der Waals surface area (Å²) in [6.45, 7) is 3.32. The van der Waals surface area contributed by atoms with Gasteiger partial charge in [-0.15, -0.1) is 0 Å². The summed E-state index contributed by atoms with van der Waals surface area (Å²) in [5, 5.41) is 4.34. The number of rotatable bonds is 2. The van der Waals surface area contributed by atoms with Gasteiger partial charge in [-0.1, -0.05) is 6.07 Å². The van der Waals surface area contributed by atoms with Crippen LogP contribution in [0.4, 0.5) is 0 Å². The van der Waals surface area contributed by atoms with E-state index in [0.29, 0.717) is 29.7 Å². The van der Waals surface area contributed by atoms with Crippen LogP contribution in [0.3, 0.4) is 0 Å². The van der Waals surface area contributed by atoms with E-state index in [0.717, 1.165) is 12.0 Å². The Morgan fingerprint density at radius 2 is 2.22 bits per heavy atom. The molecule has 4 rings (SSSR count). The molecule has 1 aromatic carbocycles. The number of likely N-dealkylation sites (tertiary alicyclic amines) is 1. The van der Waals surface area contributed by atoms with Crippen molar-refractivity contribution in [3.63, 3.8) is 0 Å². The standard InChI is InChI=1S/C16H17N5O2/c1-10-7-17-21(8-10)11-5-6-20(9-11)15(22)12-3-2-4-13-14(12)19-16(23)18-13/h2-4,7-8,11H,5-6,9H2,1H3,(H2,18,19,23). The lowest BCUT2D eigenvalue weighted by Crippen LogP contribution is -2.29. The smallest absolute Gasteiger partial charge is 0.323 e. The first-order valence-electron chi connectivity index (χ1n) is 7.63. The number of carbonyl (C=O) groups is 1. The molecule has 7 nitrogen and oxygen atoms in total. The summed E-state index contributed by atoms with van der Waals surface area (Å²) in [6.07, 6.45) is 4.71. The number of aryl methyl sites for hydroxylation is 1. The Bertz CT molecular complexity index is 935. The highest BCUT2D eigenvalue weighted by atomic mass is 16.2. The number of amides is 1. The molecule has 1 aliphatic heterocycles. The quantitative estimate of drug-likeness (QED) is 0.751. The number of hydrogen-bond donors (Lipinski definition) is 2. The fourth-order valence-electron chi connectivity index (χ4n) is 3.18. The number of H-pyrrole nitrogens is 2. The van der Waals surface area contributed by atoms with Crippen LogP contribution in [0.5, 0.6) is 0 Å². The van der Waals surface area contributed by atoms with Crippen molar-refractivity contribution in [3.8, 4) is 0 Å². The van der Waals surface area contributed by atoms with Gasteiger partial charge in [0.05, 0.1) is 28.8 Å². The third-order valence-corrected chi connectivity index (χ3v) is 4.34. The Morgan fingerprint density at radius 1 is 1.35 bits per heavy atom. The molecular formula is C16H17N5O2. The number of nitrogens with one attached hydrogen (secondary N) is 2. The van der Waals surface area contributed by atoms with Gasteiger partial charge in [0.1, 0.15) is 0 Å². The molecule has 0 saturated carbocycles. The summed E-state index contributed by atoms with van der Waals surface area (Å²) in [7, 11) is 0. The average molecular weight is 311 g/mol. The average Bonchev–Trinajstić information content (AvgIpc) is 3.23. The third kappa shape index (κ3) is 2.34. The van der Waals surface area contributed by atoms with Crippen molar-refractivity contribution in [2.75, 3.05) is 13.1 Å². The monoisotopic (exact) mass is 311 g/mol. The van der Waals surface area contributed by atoms with Crippen molar-refractivity contribution < 1.29 is 4.79 Å². The second-order valence-corrected chi connectivity index (χ2v) is 6.00. The number of carbonyl (C=O) groups excluding carboxylic acids is 1. The Morgan fingerprint density at radius 3 is 3.00 bits per heavy atom. The first kappa shape index (κ1) is 13.8. The molecule has 0 radical (unpaired) electrons. The van der Waals surface area contributed by atoms with Crippen molar-refractivity contribution in [2.24, 2.45) is 0 Å². The maximum absolute atomic E-state index is 12.8. The van der Waals surface area contributed by atoms with Crippen molar-refractivity contribution in [1.29, 1.82) is 0 Å². The van der Waals surface area contributed by atoms with E-state index in [1.807, 2.05) is 28.9 Å². The zero-order chi connectivity index (χ0) is 16.0. The highest BCUT2D eigenvalue weighted by Crippen LogP contribution is 2.24. The maximum Gasteiger partial charge on any atom is 0.323 e. The molecule has 0 aliphatic carbocycles. The van der Waals surface area contributed by atoms with Gasteiger partial charge in [-0.25, -0.2) is 4.79 Å². The van der Waals surface area contributed by atoms with Gasteiger partial charge in [-0.3, -0.25) is 9.48 Å². The highest BCUT2D eigenvalue weighted by Gasteiger charge is 2.29. The van der Waals surface area contributed by atoms with Crippen LogP contribution >= 0.6 is 0 Å². The topological polar surface area (TPSA) is 86.8 Å². The molecular weight excluding hydrogens is 294 g/mol. The SMILES string of the molecule is Cc1cnn(C2CCN(C(=O)c3cccc4[nH]c(=O)[nH]c34)C2)c1. The molecule has 1 aliphatic rings. The Hall–Kier alpha value is -2.83. The first-order valence-corrected chi connectivity index (χ1v) is 7.63. The van der Waals surface area contributed by atoms with Gasteiger partial charge in [0.15, 0.2) is 0 Å². The lowest BCUT2D eigenvalue weighted by Gasteiger charge is -2.17. The minimum absolute atomic E-state index is 0.0581. The van der Waals surface area contributed by atoms with Crippen LogP contribution < -0.4 is 5.69 Å². The van der Waals surface area contributed by atoms with E-state index < -0.39 is 0 Å². The van der Waals surface area contributed by atoms with Gasteiger partial charge in [0.2, 0.25) is 0 Å². The van der Waals surface area contributed by atoms with E-state index in [1.165, 1.54) is 0 Å². The van der Waals surface area contributed by atoms with Crippen molar-refractivity contribution in [2.45, 2.75) is 19.4 Å². The molecule has 7 heteroatoms. The minimum atomic E-state index is -0.299. The molecule has 1 atom stereocenters.